The van der Waals surface area contributed by atoms with Crippen molar-refractivity contribution in [1.82, 2.24) is 5.32 Å². The Morgan fingerprint density at radius 3 is 1.76 bits per heavy atom. The van der Waals surface area contributed by atoms with Crippen molar-refractivity contribution in [1.29, 1.82) is 0 Å². The number of amides is 3. The normalized spacial score (nSPS) is 9.84. The molecule has 7 heteroatoms. The largest absolute Gasteiger partial charge is 0.462 e. The quantitative estimate of drug-likeness (QED) is 0.729. The van der Waals surface area contributed by atoms with Crippen LogP contribution in [0.2, 0.25) is 0 Å². The van der Waals surface area contributed by atoms with Gasteiger partial charge in [0.1, 0.15) is 0 Å². The van der Waals surface area contributed by atoms with Gasteiger partial charge >= 0.3 is 12.0 Å². The molecule has 0 aliphatic carbocycles. The van der Waals surface area contributed by atoms with Gasteiger partial charge in [-0.3, -0.25) is 4.79 Å². The van der Waals surface area contributed by atoms with Crippen molar-refractivity contribution in [2.45, 2.75) is 6.92 Å². The molecule has 0 bridgehead atoms. The maximum absolute atomic E-state index is 12.0. The van der Waals surface area contributed by atoms with Gasteiger partial charge in [-0.15, -0.1) is 0 Å². The van der Waals surface area contributed by atoms with Gasteiger partial charge in [0.2, 0.25) is 0 Å². The van der Waals surface area contributed by atoms with Crippen LogP contribution < -0.4 is 16.0 Å². The number of hydrogen-bond acceptors (Lipinski definition) is 4. The zero-order chi connectivity index (χ0) is 18.2. The molecule has 0 aliphatic heterocycles. The number of rotatable bonds is 5. The van der Waals surface area contributed by atoms with Gasteiger partial charge in [0.05, 0.1) is 12.2 Å². The Hall–Kier alpha value is -3.35. The Balaban J connectivity index is 1.93. The first-order chi connectivity index (χ1) is 12.0. The summed E-state index contributed by atoms with van der Waals surface area (Å²) in [6.45, 7) is 2.04. The third-order valence-corrected chi connectivity index (χ3v) is 3.29. The van der Waals surface area contributed by atoms with Gasteiger partial charge in [-0.25, -0.2) is 9.59 Å². The smallest absolute Gasteiger partial charge is 0.338 e. The van der Waals surface area contributed by atoms with E-state index in [9.17, 15) is 14.4 Å². The van der Waals surface area contributed by atoms with Crippen LogP contribution in [0.15, 0.2) is 48.5 Å². The fraction of sp³-hybridized carbons (Fsp3) is 0.167. The highest BCUT2D eigenvalue weighted by molar-refractivity contribution is 6.00. The maximum Gasteiger partial charge on any atom is 0.338 e. The van der Waals surface area contributed by atoms with Gasteiger partial charge in [-0.05, 0) is 55.5 Å². The molecule has 0 aromatic heterocycles. The van der Waals surface area contributed by atoms with E-state index in [0.717, 1.165) is 0 Å². The molecule has 0 fully saturated rings. The van der Waals surface area contributed by atoms with Crippen LogP contribution in [0.25, 0.3) is 0 Å². The Morgan fingerprint density at radius 2 is 1.32 bits per heavy atom. The number of nitrogens with one attached hydrogen (secondary N) is 3. The summed E-state index contributed by atoms with van der Waals surface area (Å²) < 4.78 is 4.90. The molecule has 2 aromatic rings. The molecule has 0 aliphatic rings. The molecule has 2 rings (SSSR count). The number of benzene rings is 2. The van der Waals surface area contributed by atoms with Crippen LogP contribution in [0.4, 0.5) is 16.2 Å². The number of urea groups is 1. The molecule has 7 nitrogen and oxygen atoms in total. The summed E-state index contributed by atoms with van der Waals surface area (Å²) in [5.74, 6) is -0.604. The van der Waals surface area contributed by atoms with E-state index in [2.05, 4.69) is 16.0 Å². The lowest BCUT2D eigenvalue weighted by Crippen LogP contribution is -2.20. The molecule has 0 radical (unpaired) electrons. The van der Waals surface area contributed by atoms with Crippen LogP contribution in [0.5, 0.6) is 0 Å². The summed E-state index contributed by atoms with van der Waals surface area (Å²) in [6.07, 6.45) is 0. The number of carbonyl (C=O) groups excluding carboxylic acids is 3. The minimum atomic E-state index is -0.434. The molecule has 0 atom stereocenters. The highest BCUT2D eigenvalue weighted by Gasteiger charge is 2.08. The standard InChI is InChI=1S/C18H19N3O4/c1-3-25-17(23)13-6-10-15(11-7-13)21-18(24)20-14-8-4-12(5-9-14)16(22)19-2/h4-11H,3H2,1-2H3,(H,19,22)(H2,20,21,24). The van der Waals surface area contributed by atoms with Gasteiger partial charge in [-0.2, -0.15) is 0 Å². The predicted octanol–water partition coefficient (Wildman–Crippen LogP) is 2.87. The summed E-state index contributed by atoms with van der Waals surface area (Å²) in [4.78, 5) is 35.0. The summed E-state index contributed by atoms with van der Waals surface area (Å²) >= 11 is 0. The summed E-state index contributed by atoms with van der Waals surface area (Å²) in [6, 6.07) is 12.4. The molecular formula is C18H19N3O4. The fourth-order valence-corrected chi connectivity index (χ4v) is 2.05. The number of anilines is 2. The van der Waals surface area contributed by atoms with Crippen LogP contribution >= 0.6 is 0 Å². The molecule has 0 saturated carbocycles. The highest BCUT2D eigenvalue weighted by Crippen LogP contribution is 2.13. The van der Waals surface area contributed by atoms with Crippen molar-refractivity contribution in [3.63, 3.8) is 0 Å². The van der Waals surface area contributed by atoms with Gasteiger partial charge < -0.3 is 20.7 Å². The van der Waals surface area contributed by atoms with E-state index in [1.807, 2.05) is 0 Å². The first kappa shape index (κ1) is 18.0. The topological polar surface area (TPSA) is 96.5 Å². The van der Waals surface area contributed by atoms with Crippen LogP contribution in [0, 0.1) is 0 Å². The van der Waals surface area contributed by atoms with Crippen LogP contribution in [-0.2, 0) is 4.74 Å². The number of ether oxygens (including phenoxy) is 1. The Labute approximate surface area is 145 Å². The van der Waals surface area contributed by atoms with Crippen molar-refractivity contribution < 1.29 is 19.1 Å². The molecule has 0 heterocycles. The van der Waals surface area contributed by atoms with Gasteiger partial charge in [-0.1, -0.05) is 0 Å². The molecule has 0 saturated heterocycles. The zero-order valence-corrected chi connectivity index (χ0v) is 14.0. The zero-order valence-electron chi connectivity index (χ0n) is 14.0. The average molecular weight is 341 g/mol. The van der Waals surface area contributed by atoms with E-state index in [4.69, 9.17) is 4.74 Å². The second-order valence-electron chi connectivity index (χ2n) is 5.03. The lowest BCUT2D eigenvalue weighted by atomic mass is 10.2. The van der Waals surface area contributed by atoms with Gasteiger partial charge in [0, 0.05) is 24.0 Å². The van der Waals surface area contributed by atoms with Crippen molar-refractivity contribution in [2.75, 3.05) is 24.3 Å². The van der Waals surface area contributed by atoms with Crippen molar-refractivity contribution >= 4 is 29.3 Å². The molecule has 130 valence electrons. The predicted molar refractivity (Wildman–Crippen MR) is 94.9 cm³/mol. The van der Waals surface area contributed by atoms with Crippen LogP contribution in [-0.4, -0.2) is 31.6 Å². The lowest BCUT2D eigenvalue weighted by Gasteiger charge is -2.09. The molecule has 0 spiro atoms. The van der Waals surface area contributed by atoms with Gasteiger partial charge in [0.25, 0.3) is 5.91 Å². The van der Waals surface area contributed by atoms with E-state index < -0.39 is 12.0 Å². The van der Waals surface area contributed by atoms with Crippen molar-refractivity contribution in [2.24, 2.45) is 0 Å². The minimum absolute atomic E-state index is 0.197. The molecule has 3 amide bonds. The van der Waals surface area contributed by atoms with Crippen LogP contribution in [0.3, 0.4) is 0 Å². The molecular weight excluding hydrogens is 322 g/mol. The average Bonchev–Trinajstić information content (AvgIpc) is 2.62. The second-order valence-corrected chi connectivity index (χ2v) is 5.03. The van der Waals surface area contributed by atoms with E-state index in [1.165, 1.54) is 0 Å². The summed E-state index contributed by atoms with van der Waals surface area (Å²) in [5.41, 5.74) is 2.00. The first-order valence-electron chi connectivity index (χ1n) is 7.71. The summed E-state index contributed by atoms with van der Waals surface area (Å²) in [7, 11) is 1.55. The Kier molecular flexibility index (Phi) is 6.11. The SMILES string of the molecule is CCOC(=O)c1ccc(NC(=O)Nc2ccc(C(=O)NC)cc2)cc1. The number of carbonyl (C=O) groups is 3. The number of hydrogen-bond donors (Lipinski definition) is 3. The van der Waals surface area contributed by atoms with E-state index >= 15 is 0 Å². The monoisotopic (exact) mass is 341 g/mol. The summed E-state index contributed by atoms with van der Waals surface area (Å²) in [5, 5.41) is 7.84. The molecule has 2 aromatic carbocycles. The molecule has 0 unspecified atom stereocenters. The highest BCUT2D eigenvalue weighted by atomic mass is 16.5. The third-order valence-electron chi connectivity index (χ3n) is 3.29. The fourth-order valence-electron chi connectivity index (χ4n) is 2.05. The molecule has 25 heavy (non-hydrogen) atoms. The third kappa shape index (κ3) is 5.07. The number of esters is 1. The molecule has 3 N–H and O–H groups in total. The van der Waals surface area contributed by atoms with E-state index in [1.54, 1.807) is 62.5 Å². The second kappa shape index (κ2) is 8.49. The first-order valence-corrected chi connectivity index (χ1v) is 7.71. The maximum atomic E-state index is 12.0. The van der Waals surface area contributed by atoms with Crippen LogP contribution in [0.1, 0.15) is 27.6 Å². The van der Waals surface area contributed by atoms with Crippen molar-refractivity contribution in [3.8, 4) is 0 Å². The Bertz CT molecular complexity index is 755. The lowest BCUT2D eigenvalue weighted by molar-refractivity contribution is 0.0526. The van der Waals surface area contributed by atoms with Gasteiger partial charge in [0.15, 0.2) is 0 Å². The van der Waals surface area contributed by atoms with Crippen molar-refractivity contribution in [3.05, 3.63) is 59.7 Å². The Morgan fingerprint density at radius 1 is 0.840 bits per heavy atom. The van der Waals surface area contributed by atoms with E-state index in [0.29, 0.717) is 29.1 Å². The van der Waals surface area contributed by atoms with E-state index in [-0.39, 0.29) is 5.91 Å². The minimum Gasteiger partial charge on any atom is -0.462 e.